The summed E-state index contributed by atoms with van der Waals surface area (Å²) in [7, 11) is 0. The van der Waals surface area contributed by atoms with Crippen LogP contribution in [-0.2, 0) is 0 Å². The molecule has 4 N–H and O–H groups in total. The number of fused-ring (bicyclic) bond motifs is 1. The maximum Gasteiger partial charge on any atom is 0.355 e. The average molecular weight is 578 g/mol. The molecule has 0 radical (unpaired) electrons. The van der Waals surface area contributed by atoms with Crippen LogP contribution in [0.5, 0.6) is 0 Å². The van der Waals surface area contributed by atoms with Crippen LogP contribution in [0.1, 0.15) is 27.7 Å². The Morgan fingerprint density at radius 1 is 1.15 bits per heavy atom. The molecule has 3 aromatic rings. The Hall–Kier alpha value is -3.64. The minimum absolute atomic E-state index is 0.00329. The first-order valence-electron chi connectivity index (χ1n) is 12.8. The van der Waals surface area contributed by atoms with Gasteiger partial charge in [0.1, 0.15) is 16.5 Å². The summed E-state index contributed by atoms with van der Waals surface area (Å²) in [5.74, 6) is -6.23. The van der Waals surface area contributed by atoms with Crippen molar-refractivity contribution in [3.05, 3.63) is 62.7 Å². The van der Waals surface area contributed by atoms with Gasteiger partial charge in [0.2, 0.25) is 0 Å². The van der Waals surface area contributed by atoms with Crippen molar-refractivity contribution in [3.8, 4) is 11.3 Å². The first-order valence-corrected chi connectivity index (χ1v) is 13.2. The van der Waals surface area contributed by atoms with Crippen LogP contribution in [-0.4, -0.2) is 46.3 Å². The molecule has 2 aliphatic rings. The number of pyridine rings is 1. The predicted octanol–water partition coefficient (Wildman–Crippen LogP) is 4.42. The summed E-state index contributed by atoms with van der Waals surface area (Å²) < 4.78 is 60.6. The summed E-state index contributed by atoms with van der Waals surface area (Å²) in [4.78, 5) is 24.4. The maximum absolute atomic E-state index is 15.8. The molecule has 0 amide bonds. The second-order valence-electron chi connectivity index (χ2n) is 10.4. The molecule has 2 aromatic heterocycles. The zero-order valence-electron chi connectivity index (χ0n) is 22.2. The van der Waals surface area contributed by atoms with E-state index in [0.717, 1.165) is 11.6 Å². The van der Waals surface area contributed by atoms with Gasteiger partial charge in [0.05, 0.1) is 28.4 Å². The first-order chi connectivity index (χ1) is 18.9. The number of dihydropyridines is 1. The van der Waals surface area contributed by atoms with Crippen LogP contribution >= 0.6 is 11.6 Å². The SMILES string of the molecule is CC1=C(n2c(=O)nc(N3CCN[C@H](C)C3)c3cc(F)c(-c4c(N)c(Cl)c(F)c(F)c4F)nc32)C(C(C)C)NC=C1. The van der Waals surface area contributed by atoms with Crippen molar-refractivity contribution in [1.29, 1.82) is 0 Å². The van der Waals surface area contributed by atoms with Gasteiger partial charge in [-0.1, -0.05) is 25.4 Å². The van der Waals surface area contributed by atoms with E-state index in [1.807, 2.05) is 32.6 Å². The Labute approximate surface area is 232 Å². The Kier molecular flexibility index (Phi) is 7.26. The van der Waals surface area contributed by atoms with E-state index in [1.165, 1.54) is 4.57 Å². The van der Waals surface area contributed by atoms with Crippen molar-refractivity contribution in [1.82, 2.24) is 25.2 Å². The molecule has 1 aromatic carbocycles. The highest BCUT2D eigenvalue weighted by atomic mass is 35.5. The molecule has 0 spiro atoms. The molecule has 0 saturated carbocycles. The number of rotatable bonds is 4. The predicted molar refractivity (Wildman–Crippen MR) is 148 cm³/mol. The van der Waals surface area contributed by atoms with E-state index in [1.54, 1.807) is 12.3 Å². The van der Waals surface area contributed by atoms with Gasteiger partial charge in [0.25, 0.3) is 0 Å². The number of allylic oxidation sites excluding steroid dienone is 2. The lowest BCUT2D eigenvalue weighted by Gasteiger charge is -2.34. The molecule has 1 unspecified atom stereocenters. The van der Waals surface area contributed by atoms with Gasteiger partial charge < -0.3 is 21.3 Å². The summed E-state index contributed by atoms with van der Waals surface area (Å²) in [6.45, 7) is 9.26. The van der Waals surface area contributed by atoms with E-state index >= 15 is 8.78 Å². The molecule has 1 saturated heterocycles. The summed E-state index contributed by atoms with van der Waals surface area (Å²) in [5, 5.41) is 5.81. The van der Waals surface area contributed by atoms with Crippen LogP contribution in [0.2, 0.25) is 5.02 Å². The van der Waals surface area contributed by atoms with E-state index < -0.39 is 50.9 Å². The lowest BCUT2D eigenvalue weighted by molar-refractivity contribution is 0.449. The summed E-state index contributed by atoms with van der Waals surface area (Å²) in [6, 6.07) is 0.766. The number of hydrogen-bond donors (Lipinski definition) is 3. The van der Waals surface area contributed by atoms with Crippen LogP contribution in [0.15, 0.2) is 28.7 Å². The molecule has 2 aliphatic heterocycles. The summed E-state index contributed by atoms with van der Waals surface area (Å²) in [5.41, 5.74) is 4.06. The number of anilines is 2. The van der Waals surface area contributed by atoms with E-state index in [-0.39, 0.29) is 34.9 Å². The smallest absolute Gasteiger partial charge is 0.355 e. The largest absolute Gasteiger partial charge is 0.397 e. The molecule has 0 bridgehead atoms. The average Bonchev–Trinajstić information content (AvgIpc) is 2.91. The standard InChI is InChI=1S/C27H28ClF4N7O/c1-11(2)22-24(12(3)5-6-35-22)39-26-14(25(37-27(39)40)38-8-7-34-13(4)10-38)9-15(29)23(36-26)16-18(30)20(32)19(31)17(28)21(16)33/h5-6,9,11,13,22,34-35H,7-8,10,33H2,1-4H3/t13-,22?/m1/s1. The van der Waals surface area contributed by atoms with Crippen LogP contribution < -0.4 is 27.0 Å². The van der Waals surface area contributed by atoms with Crippen molar-refractivity contribution >= 4 is 39.8 Å². The first kappa shape index (κ1) is 27.9. The highest BCUT2D eigenvalue weighted by Gasteiger charge is 2.31. The number of nitrogens with zero attached hydrogens (tertiary/aromatic N) is 4. The second kappa shape index (κ2) is 10.4. The topological polar surface area (TPSA) is 101 Å². The number of nitrogens with one attached hydrogen (secondary N) is 2. The number of nitrogens with two attached hydrogens (primary N) is 1. The van der Waals surface area contributed by atoms with Gasteiger partial charge in [0.15, 0.2) is 28.9 Å². The van der Waals surface area contributed by atoms with Gasteiger partial charge in [-0.05, 0) is 43.7 Å². The third-order valence-corrected chi connectivity index (χ3v) is 7.59. The molecule has 40 heavy (non-hydrogen) atoms. The molecule has 4 heterocycles. The fourth-order valence-corrected chi connectivity index (χ4v) is 5.43. The monoisotopic (exact) mass is 577 g/mol. The molecular weight excluding hydrogens is 550 g/mol. The second-order valence-corrected chi connectivity index (χ2v) is 10.8. The van der Waals surface area contributed by atoms with Gasteiger partial charge in [-0.15, -0.1) is 0 Å². The van der Waals surface area contributed by atoms with Crippen LogP contribution in [0.25, 0.3) is 28.0 Å². The van der Waals surface area contributed by atoms with E-state index in [0.29, 0.717) is 25.3 Å². The van der Waals surface area contributed by atoms with Crippen molar-refractivity contribution in [2.75, 3.05) is 30.3 Å². The normalized spacial score (nSPS) is 19.6. The summed E-state index contributed by atoms with van der Waals surface area (Å²) in [6.07, 6.45) is 3.54. The zero-order valence-corrected chi connectivity index (χ0v) is 23.0. The van der Waals surface area contributed by atoms with Gasteiger partial charge in [-0.25, -0.2) is 31.9 Å². The van der Waals surface area contributed by atoms with Crippen molar-refractivity contribution in [3.63, 3.8) is 0 Å². The lowest BCUT2D eigenvalue weighted by Crippen LogP contribution is -2.50. The van der Waals surface area contributed by atoms with Crippen molar-refractivity contribution < 1.29 is 17.6 Å². The minimum atomic E-state index is -1.92. The Morgan fingerprint density at radius 2 is 1.88 bits per heavy atom. The number of nitrogen functional groups attached to an aromatic ring is 1. The molecule has 212 valence electrons. The Bertz CT molecular complexity index is 1620. The molecular formula is C27H28ClF4N7O. The molecule has 13 heteroatoms. The number of hydrogen-bond acceptors (Lipinski definition) is 7. The Balaban J connectivity index is 1.90. The van der Waals surface area contributed by atoms with Gasteiger partial charge in [0, 0.05) is 25.7 Å². The van der Waals surface area contributed by atoms with Crippen molar-refractivity contribution in [2.24, 2.45) is 5.92 Å². The Morgan fingerprint density at radius 3 is 2.55 bits per heavy atom. The van der Waals surface area contributed by atoms with Crippen LogP contribution in [0, 0.1) is 29.2 Å². The van der Waals surface area contributed by atoms with E-state index in [9.17, 15) is 13.6 Å². The number of aromatic nitrogens is 3. The van der Waals surface area contributed by atoms with Crippen LogP contribution in [0.3, 0.4) is 0 Å². The third kappa shape index (κ3) is 4.48. The fourth-order valence-electron chi connectivity index (χ4n) is 5.25. The number of halogens is 5. The highest BCUT2D eigenvalue weighted by Crippen LogP contribution is 2.40. The van der Waals surface area contributed by atoms with Gasteiger partial charge in [-0.3, -0.25) is 0 Å². The van der Waals surface area contributed by atoms with Crippen molar-refractivity contribution in [2.45, 2.75) is 39.8 Å². The van der Waals surface area contributed by atoms with E-state index in [4.69, 9.17) is 17.3 Å². The maximum atomic E-state index is 15.8. The van der Waals surface area contributed by atoms with E-state index in [2.05, 4.69) is 20.6 Å². The molecule has 5 rings (SSSR count). The quantitative estimate of drug-likeness (QED) is 0.183. The third-order valence-electron chi connectivity index (χ3n) is 7.23. The molecule has 8 nitrogen and oxygen atoms in total. The number of piperazine rings is 1. The molecule has 0 aliphatic carbocycles. The van der Waals surface area contributed by atoms with Gasteiger partial charge in [-0.2, -0.15) is 4.98 Å². The fraction of sp³-hybridized carbons (Fsp3) is 0.370. The zero-order chi connectivity index (χ0) is 29.0. The number of benzene rings is 1. The molecule has 1 fully saturated rings. The van der Waals surface area contributed by atoms with Crippen LogP contribution in [0.4, 0.5) is 29.1 Å². The van der Waals surface area contributed by atoms with Gasteiger partial charge >= 0.3 is 5.69 Å². The summed E-state index contributed by atoms with van der Waals surface area (Å²) >= 11 is 5.81. The molecule has 2 atom stereocenters. The minimum Gasteiger partial charge on any atom is -0.397 e. The highest BCUT2D eigenvalue weighted by molar-refractivity contribution is 6.34. The lowest BCUT2D eigenvalue weighted by atomic mass is 9.95.